The number of carbonyl (C=O) groups excluding carboxylic acids is 1. The summed E-state index contributed by atoms with van der Waals surface area (Å²) in [5, 5.41) is 4.71. The minimum atomic E-state index is -0.0700. The predicted molar refractivity (Wildman–Crippen MR) is 123 cm³/mol. The van der Waals surface area contributed by atoms with Crippen molar-refractivity contribution in [3.63, 3.8) is 0 Å². The van der Waals surface area contributed by atoms with Crippen molar-refractivity contribution in [1.29, 1.82) is 0 Å². The average Bonchev–Trinajstić information content (AvgIpc) is 3.30. The van der Waals surface area contributed by atoms with E-state index >= 15 is 0 Å². The Hall–Kier alpha value is -3.32. The standard InChI is InChI=1S/C25H29N3O4/c1-4-32-20-12-14-27(15-13-20)25(29)24-21(17-28(26-24)19-8-6-5-7-9-19)18-10-11-22(30-2)23(16-18)31-3/h5-11,16-17,20H,4,12-15H2,1-3H3. The Labute approximate surface area is 188 Å². The number of hydrogen-bond donors (Lipinski definition) is 0. The van der Waals surface area contributed by atoms with Gasteiger partial charge in [0.15, 0.2) is 17.2 Å². The highest BCUT2D eigenvalue weighted by Gasteiger charge is 2.28. The van der Waals surface area contributed by atoms with E-state index in [4.69, 9.17) is 19.3 Å². The number of para-hydroxylation sites is 1. The molecule has 0 saturated carbocycles. The molecule has 2 heterocycles. The van der Waals surface area contributed by atoms with Gasteiger partial charge >= 0.3 is 0 Å². The van der Waals surface area contributed by atoms with Gasteiger partial charge in [-0.05, 0) is 49.6 Å². The van der Waals surface area contributed by atoms with Gasteiger partial charge in [0.2, 0.25) is 0 Å². The van der Waals surface area contributed by atoms with Crippen molar-refractivity contribution in [2.24, 2.45) is 0 Å². The van der Waals surface area contributed by atoms with E-state index < -0.39 is 0 Å². The summed E-state index contributed by atoms with van der Waals surface area (Å²) in [6.45, 7) is 4.02. The number of likely N-dealkylation sites (tertiary alicyclic amines) is 1. The summed E-state index contributed by atoms with van der Waals surface area (Å²) in [6.07, 6.45) is 3.79. The molecule has 0 N–H and O–H groups in total. The molecule has 7 heteroatoms. The maximum atomic E-state index is 13.5. The maximum absolute atomic E-state index is 13.5. The number of nitrogens with zero attached hydrogens (tertiary/aromatic N) is 3. The van der Waals surface area contributed by atoms with Gasteiger partial charge in [0.05, 0.1) is 26.0 Å². The number of hydrogen-bond acceptors (Lipinski definition) is 5. The molecule has 1 aromatic heterocycles. The van der Waals surface area contributed by atoms with E-state index in [0.29, 0.717) is 36.9 Å². The molecule has 2 aromatic carbocycles. The van der Waals surface area contributed by atoms with Crippen LogP contribution < -0.4 is 9.47 Å². The Kier molecular flexibility index (Phi) is 6.75. The van der Waals surface area contributed by atoms with Crippen LogP contribution in [0.5, 0.6) is 11.5 Å². The molecule has 0 radical (unpaired) electrons. The Balaban J connectivity index is 1.71. The maximum Gasteiger partial charge on any atom is 0.275 e. The lowest BCUT2D eigenvalue weighted by Crippen LogP contribution is -2.41. The third kappa shape index (κ3) is 4.48. The van der Waals surface area contributed by atoms with E-state index in [-0.39, 0.29) is 12.0 Å². The van der Waals surface area contributed by atoms with Gasteiger partial charge in [-0.15, -0.1) is 0 Å². The summed E-state index contributed by atoms with van der Waals surface area (Å²) in [5.41, 5.74) is 2.92. The van der Waals surface area contributed by atoms with Gasteiger partial charge in [0.25, 0.3) is 5.91 Å². The van der Waals surface area contributed by atoms with Crippen molar-refractivity contribution < 1.29 is 19.0 Å². The molecule has 1 amide bonds. The van der Waals surface area contributed by atoms with Crippen LogP contribution in [0.1, 0.15) is 30.3 Å². The SMILES string of the molecule is CCOC1CCN(C(=O)c2nn(-c3ccccc3)cc2-c2ccc(OC)c(OC)c2)CC1. The van der Waals surface area contributed by atoms with Crippen LogP contribution in [-0.4, -0.2) is 60.6 Å². The molecule has 32 heavy (non-hydrogen) atoms. The normalized spacial score (nSPS) is 14.4. The van der Waals surface area contributed by atoms with Gasteiger partial charge in [-0.1, -0.05) is 24.3 Å². The quantitative estimate of drug-likeness (QED) is 0.557. The van der Waals surface area contributed by atoms with E-state index in [2.05, 4.69) is 0 Å². The molecule has 7 nitrogen and oxygen atoms in total. The number of amides is 1. The number of ether oxygens (including phenoxy) is 3. The Morgan fingerprint density at radius 2 is 1.75 bits per heavy atom. The lowest BCUT2D eigenvalue weighted by atomic mass is 10.0. The number of benzene rings is 2. The van der Waals surface area contributed by atoms with Crippen molar-refractivity contribution in [1.82, 2.24) is 14.7 Å². The number of carbonyl (C=O) groups is 1. The zero-order valence-corrected chi connectivity index (χ0v) is 18.8. The first-order valence-corrected chi connectivity index (χ1v) is 10.9. The fourth-order valence-electron chi connectivity index (χ4n) is 4.07. The van der Waals surface area contributed by atoms with E-state index in [1.807, 2.05) is 66.6 Å². The summed E-state index contributed by atoms with van der Waals surface area (Å²) in [7, 11) is 3.20. The first kappa shape index (κ1) is 21.9. The van der Waals surface area contributed by atoms with Crippen LogP contribution in [-0.2, 0) is 4.74 Å². The van der Waals surface area contributed by atoms with Gasteiger partial charge < -0.3 is 19.1 Å². The summed E-state index contributed by atoms with van der Waals surface area (Å²) in [6, 6.07) is 15.4. The molecule has 0 aliphatic carbocycles. The zero-order valence-electron chi connectivity index (χ0n) is 18.8. The van der Waals surface area contributed by atoms with Crippen LogP contribution in [0, 0.1) is 0 Å². The molecule has 1 aliphatic rings. The average molecular weight is 436 g/mol. The molecule has 1 saturated heterocycles. The van der Waals surface area contributed by atoms with Gasteiger partial charge in [-0.3, -0.25) is 4.79 Å². The van der Waals surface area contributed by atoms with Crippen molar-refractivity contribution >= 4 is 5.91 Å². The summed E-state index contributed by atoms with van der Waals surface area (Å²) in [5.74, 6) is 1.17. The number of piperidine rings is 1. The number of methoxy groups -OCH3 is 2. The molecular formula is C25H29N3O4. The second-order valence-corrected chi connectivity index (χ2v) is 7.69. The highest BCUT2D eigenvalue weighted by Crippen LogP contribution is 2.34. The first-order valence-electron chi connectivity index (χ1n) is 10.9. The summed E-state index contributed by atoms with van der Waals surface area (Å²) < 4.78 is 18.3. The largest absolute Gasteiger partial charge is 0.493 e. The molecular weight excluding hydrogens is 406 g/mol. The monoisotopic (exact) mass is 435 g/mol. The molecule has 0 spiro atoms. The Morgan fingerprint density at radius 3 is 2.41 bits per heavy atom. The molecule has 1 aliphatic heterocycles. The second-order valence-electron chi connectivity index (χ2n) is 7.69. The fraction of sp³-hybridized carbons (Fsp3) is 0.360. The van der Waals surface area contributed by atoms with E-state index in [1.54, 1.807) is 18.9 Å². The number of aromatic nitrogens is 2. The molecule has 168 valence electrons. The topological polar surface area (TPSA) is 65.8 Å². The minimum absolute atomic E-state index is 0.0700. The lowest BCUT2D eigenvalue weighted by Gasteiger charge is -2.31. The summed E-state index contributed by atoms with van der Waals surface area (Å²) >= 11 is 0. The zero-order chi connectivity index (χ0) is 22.5. The molecule has 0 unspecified atom stereocenters. The van der Waals surface area contributed by atoms with Crippen LogP contribution in [0.25, 0.3) is 16.8 Å². The molecule has 4 rings (SSSR count). The Bertz CT molecular complexity index is 1060. The molecule has 0 bridgehead atoms. The van der Waals surface area contributed by atoms with Gasteiger partial charge in [-0.2, -0.15) is 5.10 Å². The third-order valence-corrected chi connectivity index (χ3v) is 5.76. The van der Waals surface area contributed by atoms with Crippen LogP contribution in [0.3, 0.4) is 0 Å². The van der Waals surface area contributed by atoms with Crippen molar-refractivity contribution in [2.75, 3.05) is 33.9 Å². The predicted octanol–water partition coefficient (Wildman–Crippen LogP) is 4.20. The van der Waals surface area contributed by atoms with Crippen LogP contribution in [0.15, 0.2) is 54.7 Å². The second kappa shape index (κ2) is 9.87. The van der Waals surface area contributed by atoms with Crippen molar-refractivity contribution in [2.45, 2.75) is 25.9 Å². The van der Waals surface area contributed by atoms with E-state index in [9.17, 15) is 4.79 Å². The van der Waals surface area contributed by atoms with E-state index in [0.717, 1.165) is 29.7 Å². The first-order chi connectivity index (χ1) is 15.6. The summed E-state index contributed by atoms with van der Waals surface area (Å²) in [4.78, 5) is 15.4. The van der Waals surface area contributed by atoms with Gasteiger partial charge in [0.1, 0.15) is 0 Å². The molecule has 3 aromatic rings. The number of rotatable bonds is 7. The van der Waals surface area contributed by atoms with Crippen LogP contribution in [0.4, 0.5) is 0 Å². The van der Waals surface area contributed by atoms with E-state index in [1.165, 1.54) is 0 Å². The van der Waals surface area contributed by atoms with Crippen LogP contribution in [0.2, 0.25) is 0 Å². The highest BCUT2D eigenvalue weighted by atomic mass is 16.5. The fourth-order valence-corrected chi connectivity index (χ4v) is 4.07. The Morgan fingerprint density at radius 1 is 1.03 bits per heavy atom. The van der Waals surface area contributed by atoms with Gasteiger partial charge in [0, 0.05) is 31.5 Å². The third-order valence-electron chi connectivity index (χ3n) is 5.76. The molecule has 0 atom stereocenters. The lowest BCUT2D eigenvalue weighted by molar-refractivity contribution is 0.0144. The van der Waals surface area contributed by atoms with Crippen molar-refractivity contribution in [3.8, 4) is 28.3 Å². The minimum Gasteiger partial charge on any atom is -0.493 e. The van der Waals surface area contributed by atoms with Gasteiger partial charge in [-0.25, -0.2) is 4.68 Å². The molecule has 1 fully saturated rings. The van der Waals surface area contributed by atoms with Crippen LogP contribution >= 0.6 is 0 Å². The highest BCUT2D eigenvalue weighted by molar-refractivity contribution is 5.99. The smallest absolute Gasteiger partial charge is 0.275 e. The van der Waals surface area contributed by atoms with Crippen molar-refractivity contribution in [3.05, 3.63) is 60.4 Å².